The van der Waals surface area contributed by atoms with Crippen LogP contribution in [0.1, 0.15) is 12.8 Å². The van der Waals surface area contributed by atoms with Gasteiger partial charge in [0.2, 0.25) is 5.95 Å². The molecule has 0 bridgehead atoms. The Balaban J connectivity index is 2.18. The molecule has 0 saturated heterocycles. The van der Waals surface area contributed by atoms with E-state index in [-0.39, 0.29) is 5.82 Å². The molecular weight excluding hydrogens is 193 g/mol. The Kier molecular flexibility index (Phi) is 1.71. The highest BCUT2D eigenvalue weighted by atomic mass is 19.1. The molecule has 0 aliphatic heterocycles. The van der Waals surface area contributed by atoms with Gasteiger partial charge in [-0.25, -0.2) is 9.37 Å². The van der Waals surface area contributed by atoms with E-state index in [0.717, 1.165) is 12.1 Å². The summed E-state index contributed by atoms with van der Waals surface area (Å²) in [5.41, 5.74) is 6.97. The van der Waals surface area contributed by atoms with Crippen LogP contribution in [0, 0.1) is 11.7 Å². The molecular formula is C11H12FN3. The van der Waals surface area contributed by atoms with Crippen molar-refractivity contribution in [2.45, 2.75) is 19.4 Å². The maximum atomic E-state index is 13.4. The fourth-order valence-corrected chi connectivity index (χ4v) is 1.88. The predicted octanol–water partition coefficient (Wildman–Crippen LogP) is 2.17. The number of benzene rings is 1. The van der Waals surface area contributed by atoms with Gasteiger partial charge in [-0.3, -0.25) is 0 Å². The molecule has 1 saturated carbocycles. The lowest BCUT2D eigenvalue weighted by molar-refractivity contribution is 0.636. The van der Waals surface area contributed by atoms with Crippen LogP contribution in [0.25, 0.3) is 11.0 Å². The molecule has 1 aromatic heterocycles. The van der Waals surface area contributed by atoms with Gasteiger partial charge in [0.1, 0.15) is 5.52 Å². The molecule has 15 heavy (non-hydrogen) atoms. The minimum Gasteiger partial charge on any atom is -0.369 e. The molecule has 0 unspecified atom stereocenters. The topological polar surface area (TPSA) is 43.8 Å². The van der Waals surface area contributed by atoms with Crippen LogP contribution in [0.3, 0.4) is 0 Å². The fourth-order valence-electron chi connectivity index (χ4n) is 1.88. The SMILES string of the molecule is Nc1nc2c(F)cccc2n1CC1CC1. The number of para-hydroxylation sites is 1. The summed E-state index contributed by atoms with van der Waals surface area (Å²) in [6.45, 7) is 0.867. The van der Waals surface area contributed by atoms with Crippen molar-refractivity contribution in [3.8, 4) is 0 Å². The molecule has 4 heteroatoms. The van der Waals surface area contributed by atoms with Crippen molar-refractivity contribution < 1.29 is 4.39 Å². The van der Waals surface area contributed by atoms with Crippen molar-refractivity contribution >= 4 is 17.0 Å². The zero-order valence-corrected chi connectivity index (χ0v) is 8.28. The summed E-state index contributed by atoms with van der Waals surface area (Å²) in [5.74, 6) is 0.823. The number of nitrogens with zero attached hydrogens (tertiary/aromatic N) is 2. The lowest BCUT2D eigenvalue weighted by atomic mass is 10.3. The molecule has 0 amide bonds. The second-order valence-electron chi connectivity index (χ2n) is 4.13. The Morgan fingerprint density at radius 2 is 2.27 bits per heavy atom. The number of hydrogen-bond acceptors (Lipinski definition) is 2. The van der Waals surface area contributed by atoms with E-state index in [1.807, 2.05) is 10.6 Å². The molecule has 2 aromatic rings. The molecule has 1 aliphatic carbocycles. The maximum absolute atomic E-state index is 13.4. The van der Waals surface area contributed by atoms with Crippen LogP contribution in [0.15, 0.2) is 18.2 Å². The molecule has 0 spiro atoms. The fraction of sp³-hybridized carbons (Fsp3) is 0.364. The summed E-state index contributed by atoms with van der Waals surface area (Å²) >= 11 is 0. The van der Waals surface area contributed by atoms with Gasteiger partial charge in [0.15, 0.2) is 5.82 Å². The summed E-state index contributed by atoms with van der Waals surface area (Å²) in [5, 5.41) is 0. The van der Waals surface area contributed by atoms with Gasteiger partial charge >= 0.3 is 0 Å². The van der Waals surface area contributed by atoms with Crippen LogP contribution >= 0.6 is 0 Å². The number of halogens is 1. The molecule has 3 rings (SSSR count). The highest BCUT2D eigenvalue weighted by Crippen LogP contribution is 2.33. The summed E-state index contributed by atoms with van der Waals surface area (Å²) < 4.78 is 15.3. The van der Waals surface area contributed by atoms with Gasteiger partial charge < -0.3 is 10.3 Å². The van der Waals surface area contributed by atoms with Gasteiger partial charge in [0.05, 0.1) is 5.52 Å². The Morgan fingerprint density at radius 3 is 3.00 bits per heavy atom. The molecule has 0 atom stereocenters. The highest BCUT2D eigenvalue weighted by Gasteiger charge is 2.24. The number of imidazole rings is 1. The summed E-state index contributed by atoms with van der Waals surface area (Å²) in [4.78, 5) is 4.06. The maximum Gasteiger partial charge on any atom is 0.201 e. The van der Waals surface area contributed by atoms with Gasteiger partial charge in [-0.2, -0.15) is 0 Å². The minimum atomic E-state index is -0.297. The molecule has 3 nitrogen and oxygen atoms in total. The number of nitrogen functional groups attached to an aromatic ring is 1. The van der Waals surface area contributed by atoms with Crippen molar-refractivity contribution in [2.75, 3.05) is 5.73 Å². The Morgan fingerprint density at radius 1 is 1.47 bits per heavy atom. The average Bonchev–Trinajstić information content (AvgIpc) is 2.96. The molecule has 78 valence electrons. The molecule has 0 radical (unpaired) electrons. The first-order chi connectivity index (χ1) is 7.25. The normalized spacial score (nSPS) is 16.1. The number of aromatic nitrogens is 2. The van der Waals surface area contributed by atoms with E-state index in [4.69, 9.17) is 5.73 Å². The summed E-state index contributed by atoms with van der Waals surface area (Å²) in [7, 11) is 0. The third kappa shape index (κ3) is 1.37. The Bertz CT molecular complexity index is 514. The molecule has 1 aromatic carbocycles. The van der Waals surface area contributed by atoms with E-state index in [9.17, 15) is 4.39 Å². The van der Waals surface area contributed by atoms with E-state index in [1.165, 1.54) is 18.9 Å². The zero-order chi connectivity index (χ0) is 10.4. The lowest BCUT2D eigenvalue weighted by Gasteiger charge is -2.04. The first-order valence-electron chi connectivity index (χ1n) is 5.16. The molecule has 1 heterocycles. The average molecular weight is 205 g/mol. The van der Waals surface area contributed by atoms with Gasteiger partial charge in [-0.1, -0.05) is 6.07 Å². The zero-order valence-electron chi connectivity index (χ0n) is 8.28. The summed E-state index contributed by atoms with van der Waals surface area (Å²) in [6, 6.07) is 4.97. The standard InChI is InChI=1S/C11H12FN3/c12-8-2-1-3-9-10(8)14-11(13)15(9)6-7-4-5-7/h1-3,7H,4-6H2,(H2,13,14). The monoisotopic (exact) mass is 205 g/mol. The smallest absolute Gasteiger partial charge is 0.201 e. The minimum absolute atomic E-state index is 0.297. The van der Waals surface area contributed by atoms with Crippen molar-refractivity contribution in [3.05, 3.63) is 24.0 Å². The third-order valence-electron chi connectivity index (χ3n) is 2.90. The Labute approximate surface area is 86.7 Å². The van der Waals surface area contributed by atoms with Crippen LogP contribution in [0.2, 0.25) is 0 Å². The van der Waals surface area contributed by atoms with Crippen molar-refractivity contribution in [1.29, 1.82) is 0 Å². The number of fused-ring (bicyclic) bond motifs is 1. The van der Waals surface area contributed by atoms with E-state index < -0.39 is 0 Å². The van der Waals surface area contributed by atoms with E-state index >= 15 is 0 Å². The second kappa shape index (κ2) is 2.95. The largest absolute Gasteiger partial charge is 0.369 e. The Hall–Kier alpha value is -1.58. The van der Waals surface area contributed by atoms with Gasteiger partial charge in [0.25, 0.3) is 0 Å². The van der Waals surface area contributed by atoms with Gasteiger partial charge in [-0.05, 0) is 30.9 Å². The van der Waals surface area contributed by atoms with Gasteiger partial charge in [-0.15, -0.1) is 0 Å². The third-order valence-corrected chi connectivity index (χ3v) is 2.90. The van der Waals surface area contributed by atoms with Crippen molar-refractivity contribution in [2.24, 2.45) is 5.92 Å². The van der Waals surface area contributed by atoms with E-state index in [1.54, 1.807) is 6.07 Å². The van der Waals surface area contributed by atoms with Crippen LogP contribution in [0.4, 0.5) is 10.3 Å². The first kappa shape index (κ1) is 8.71. The quantitative estimate of drug-likeness (QED) is 0.816. The van der Waals surface area contributed by atoms with Crippen LogP contribution in [-0.4, -0.2) is 9.55 Å². The lowest BCUT2D eigenvalue weighted by Crippen LogP contribution is -2.04. The number of rotatable bonds is 2. The number of nitrogens with two attached hydrogens (primary N) is 1. The van der Waals surface area contributed by atoms with Gasteiger partial charge in [0, 0.05) is 6.54 Å². The first-order valence-corrected chi connectivity index (χ1v) is 5.16. The predicted molar refractivity (Wildman–Crippen MR) is 56.8 cm³/mol. The summed E-state index contributed by atoms with van der Waals surface area (Å²) in [6.07, 6.45) is 2.49. The van der Waals surface area contributed by atoms with E-state index in [2.05, 4.69) is 4.98 Å². The van der Waals surface area contributed by atoms with Crippen LogP contribution < -0.4 is 5.73 Å². The van der Waals surface area contributed by atoms with Crippen LogP contribution in [0.5, 0.6) is 0 Å². The molecule has 2 N–H and O–H groups in total. The number of hydrogen-bond donors (Lipinski definition) is 1. The van der Waals surface area contributed by atoms with Crippen molar-refractivity contribution in [1.82, 2.24) is 9.55 Å². The second-order valence-corrected chi connectivity index (χ2v) is 4.13. The van der Waals surface area contributed by atoms with Crippen molar-refractivity contribution in [3.63, 3.8) is 0 Å². The molecule has 1 fully saturated rings. The highest BCUT2D eigenvalue weighted by molar-refractivity contribution is 5.78. The molecule has 1 aliphatic rings. The van der Waals surface area contributed by atoms with E-state index in [0.29, 0.717) is 17.4 Å². The van der Waals surface area contributed by atoms with Crippen LogP contribution in [-0.2, 0) is 6.54 Å². The number of anilines is 1.